The van der Waals surface area contributed by atoms with Crippen molar-refractivity contribution in [2.45, 2.75) is 90.4 Å². The van der Waals surface area contributed by atoms with Crippen molar-refractivity contribution in [3.05, 3.63) is 0 Å². The molecule has 12 heteroatoms. The predicted molar refractivity (Wildman–Crippen MR) is 133 cm³/mol. The topological polar surface area (TPSA) is 201 Å². The molecular weight excluding hydrogens is 454 g/mol. The molecule has 0 spiro atoms. The summed E-state index contributed by atoms with van der Waals surface area (Å²) in [6.07, 6.45) is 3.06. The van der Waals surface area contributed by atoms with Gasteiger partial charge in [-0.15, -0.1) is 0 Å². The van der Waals surface area contributed by atoms with Crippen LogP contribution in [0.25, 0.3) is 0 Å². The number of nitrogens with one attached hydrogen (secondary N) is 4. The smallest absolute Gasteiger partial charge is 0.326 e. The number of hydrogen-bond acceptors (Lipinski definition) is 6. The maximum absolute atomic E-state index is 13.2. The van der Waals surface area contributed by atoms with Crippen molar-refractivity contribution in [1.82, 2.24) is 21.3 Å². The summed E-state index contributed by atoms with van der Waals surface area (Å²) in [4.78, 5) is 54.4. The minimum absolute atomic E-state index is 0.0905. The second-order valence-corrected chi connectivity index (χ2v) is 9.56. The summed E-state index contributed by atoms with van der Waals surface area (Å²) in [5.74, 6) is -2.71. The minimum atomic E-state index is -1.19. The van der Waals surface area contributed by atoms with Gasteiger partial charge < -0.3 is 37.8 Å². The molecule has 5 unspecified atom stereocenters. The number of guanidine groups is 1. The number of carboxylic acids is 1. The summed E-state index contributed by atoms with van der Waals surface area (Å²) >= 11 is 0. The minimum Gasteiger partial charge on any atom is -0.480 e. The van der Waals surface area contributed by atoms with Crippen molar-refractivity contribution in [1.29, 1.82) is 0 Å². The molecule has 1 heterocycles. The number of amides is 3. The Bertz CT molecular complexity index is 749. The second kappa shape index (κ2) is 15.2. The van der Waals surface area contributed by atoms with Crippen LogP contribution in [0.5, 0.6) is 0 Å². The molecule has 0 saturated carbocycles. The lowest BCUT2D eigenvalue weighted by atomic mass is 9.96. The van der Waals surface area contributed by atoms with Crippen LogP contribution in [0, 0.1) is 11.8 Å². The molecule has 1 aliphatic heterocycles. The van der Waals surface area contributed by atoms with Gasteiger partial charge in [0.15, 0.2) is 5.96 Å². The quantitative estimate of drug-likeness (QED) is 0.0884. The zero-order valence-corrected chi connectivity index (χ0v) is 21.3. The van der Waals surface area contributed by atoms with E-state index in [1.54, 1.807) is 6.92 Å². The fourth-order valence-electron chi connectivity index (χ4n) is 3.86. The summed E-state index contributed by atoms with van der Waals surface area (Å²) in [7, 11) is 0. The highest BCUT2D eigenvalue weighted by atomic mass is 16.4. The maximum Gasteiger partial charge on any atom is 0.326 e. The molecule has 5 atom stereocenters. The fourth-order valence-corrected chi connectivity index (χ4v) is 3.86. The molecule has 0 bridgehead atoms. The van der Waals surface area contributed by atoms with Crippen molar-refractivity contribution in [2.75, 3.05) is 13.1 Å². The van der Waals surface area contributed by atoms with Gasteiger partial charge in [-0.2, -0.15) is 0 Å². The Morgan fingerprint density at radius 1 is 1.06 bits per heavy atom. The molecule has 3 amide bonds. The summed E-state index contributed by atoms with van der Waals surface area (Å²) < 4.78 is 0. The molecule has 0 aromatic rings. The van der Waals surface area contributed by atoms with Crippen LogP contribution in [0.2, 0.25) is 0 Å². The molecule has 200 valence electrons. The maximum atomic E-state index is 13.2. The van der Waals surface area contributed by atoms with E-state index < -0.39 is 35.9 Å². The van der Waals surface area contributed by atoms with Gasteiger partial charge in [-0.05, 0) is 50.5 Å². The number of nitrogens with two attached hydrogens (primary N) is 2. The Morgan fingerprint density at radius 3 is 2.26 bits per heavy atom. The predicted octanol–water partition coefficient (Wildman–Crippen LogP) is -0.577. The van der Waals surface area contributed by atoms with Gasteiger partial charge in [-0.25, -0.2) is 4.79 Å². The van der Waals surface area contributed by atoms with Crippen molar-refractivity contribution in [3.63, 3.8) is 0 Å². The zero-order valence-electron chi connectivity index (χ0n) is 21.3. The normalized spacial score (nSPS) is 18.7. The number of carbonyl (C=O) groups is 4. The third-order valence-electron chi connectivity index (χ3n) is 6.07. The Kier molecular flexibility index (Phi) is 13.1. The summed E-state index contributed by atoms with van der Waals surface area (Å²) in [5.41, 5.74) is 10.6. The monoisotopic (exact) mass is 497 g/mol. The van der Waals surface area contributed by atoms with E-state index in [0.717, 1.165) is 13.0 Å². The molecule has 1 saturated heterocycles. The van der Waals surface area contributed by atoms with Crippen LogP contribution >= 0.6 is 0 Å². The third-order valence-corrected chi connectivity index (χ3v) is 6.07. The SMILES string of the molecule is CCC(C)C(NC(=O)C(CC(C)C)NC(=O)C1CCCN1)C(=O)NC(CCCN=C(N)N)C(=O)O. The first kappa shape index (κ1) is 30.1. The van der Waals surface area contributed by atoms with E-state index in [4.69, 9.17) is 11.5 Å². The van der Waals surface area contributed by atoms with Gasteiger partial charge in [0, 0.05) is 6.54 Å². The van der Waals surface area contributed by atoms with E-state index in [9.17, 15) is 24.3 Å². The second-order valence-electron chi connectivity index (χ2n) is 9.56. The zero-order chi connectivity index (χ0) is 26.5. The van der Waals surface area contributed by atoms with Gasteiger partial charge in [0.25, 0.3) is 0 Å². The van der Waals surface area contributed by atoms with Crippen LogP contribution in [0.4, 0.5) is 0 Å². The first-order valence-electron chi connectivity index (χ1n) is 12.4. The number of aliphatic carboxylic acids is 1. The van der Waals surface area contributed by atoms with E-state index in [-0.39, 0.29) is 42.7 Å². The Hall–Kier alpha value is -2.89. The molecule has 1 rings (SSSR count). The van der Waals surface area contributed by atoms with Crippen LogP contribution in [-0.2, 0) is 19.2 Å². The number of carbonyl (C=O) groups excluding carboxylic acids is 3. The van der Waals surface area contributed by atoms with Crippen molar-refractivity contribution >= 4 is 29.7 Å². The first-order chi connectivity index (χ1) is 16.5. The molecular formula is C23H43N7O5. The van der Waals surface area contributed by atoms with Crippen LogP contribution in [-0.4, -0.2) is 72.0 Å². The number of aliphatic imine (C=N–C) groups is 1. The lowest BCUT2D eigenvalue weighted by molar-refractivity contribution is -0.143. The summed E-state index contributed by atoms with van der Waals surface area (Å²) in [6.45, 7) is 8.56. The number of nitrogens with zero attached hydrogens (tertiary/aromatic N) is 1. The molecule has 35 heavy (non-hydrogen) atoms. The molecule has 0 aromatic carbocycles. The van der Waals surface area contributed by atoms with E-state index in [1.165, 1.54) is 0 Å². The lowest BCUT2D eigenvalue weighted by Gasteiger charge is -2.28. The van der Waals surface area contributed by atoms with E-state index in [0.29, 0.717) is 25.7 Å². The van der Waals surface area contributed by atoms with Gasteiger partial charge in [-0.1, -0.05) is 34.1 Å². The Balaban J connectivity index is 2.90. The molecule has 1 fully saturated rings. The van der Waals surface area contributed by atoms with E-state index in [1.807, 2.05) is 20.8 Å². The average Bonchev–Trinajstić information content (AvgIpc) is 3.32. The van der Waals surface area contributed by atoms with Gasteiger partial charge in [0.2, 0.25) is 17.7 Å². The van der Waals surface area contributed by atoms with Gasteiger partial charge in [0.1, 0.15) is 18.1 Å². The van der Waals surface area contributed by atoms with Gasteiger partial charge >= 0.3 is 5.97 Å². The summed E-state index contributed by atoms with van der Waals surface area (Å²) in [5, 5.41) is 20.8. The standard InChI is InChI=1S/C23H43N7O5/c1-5-14(4)18(21(33)28-16(22(34)35)9-7-11-27-23(24)25)30-20(32)17(12-13(2)3)29-19(31)15-8-6-10-26-15/h13-18,26H,5-12H2,1-4H3,(H,28,33)(H,29,31)(H,30,32)(H,34,35)(H4,24,25,27). The third kappa shape index (κ3) is 10.9. The van der Waals surface area contributed by atoms with Crippen molar-refractivity contribution in [3.8, 4) is 0 Å². The molecule has 1 aliphatic rings. The van der Waals surface area contributed by atoms with Crippen LogP contribution in [0.1, 0.15) is 66.2 Å². The molecule has 0 aliphatic carbocycles. The van der Waals surface area contributed by atoms with Crippen molar-refractivity contribution < 1.29 is 24.3 Å². The van der Waals surface area contributed by atoms with E-state index >= 15 is 0 Å². The number of hydrogen-bond donors (Lipinski definition) is 7. The highest BCUT2D eigenvalue weighted by Gasteiger charge is 2.33. The van der Waals surface area contributed by atoms with Crippen LogP contribution in [0.15, 0.2) is 4.99 Å². The van der Waals surface area contributed by atoms with Crippen molar-refractivity contribution in [2.24, 2.45) is 28.3 Å². The van der Waals surface area contributed by atoms with Crippen LogP contribution < -0.4 is 32.7 Å². The largest absolute Gasteiger partial charge is 0.480 e. The molecule has 0 radical (unpaired) electrons. The van der Waals surface area contributed by atoms with E-state index in [2.05, 4.69) is 26.3 Å². The molecule has 12 nitrogen and oxygen atoms in total. The highest BCUT2D eigenvalue weighted by Crippen LogP contribution is 2.13. The average molecular weight is 498 g/mol. The number of carboxylic acid groups (broad SMARTS) is 1. The molecule has 0 aromatic heterocycles. The van der Waals surface area contributed by atoms with Gasteiger partial charge in [-0.3, -0.25) is 19.4 Å². The fraction of sp³-hybridized carbons (Fsp3) is 0.783. The molecule has 9 N–H and O–H groups in total. The Labute approximate surface area is 207 Å². The Morgan fingerprint density at radius 2 is 1.74 bits per heavy atom. The highest BCUT2D eigenvalue weighted by molar-refractivity contribution is 5.94. The first-order valence-corrected chi connectivity index (χ1v) is 12.4. The van der Waals surface area contributed by atoms with Crippen LogP contribution in [0.3, 0.4) is 0 Å². The lowest BCUT2D eigenvalue weighted by Crippen LogP contribution is -2.58. The number of rotatable bonds is 15. The van der Waals surface area contributed by atoms with Gasteiger partial charge in [0.05, 0.1) is 6.04 Å². The summed E-state index contributed by atoms with van der Waals surface area (Å²) in [6, 6.07) is -3.25.